The van der Waals surface area contributed by atoms with Crippen LogP contribution in [0.1, 0.15) is 83.2 Å². The Balaban J connectivity index is 1.47. The van der Waals surface area contributed by atoms with Gasteiger partial charge in [-0.25, -0.2) is 9.59 Å². The van der Waals surface area contributed by atoms with Gasteiger partial charge in [0.25, 0.3) is 0 Å². The SMILES string of the molecule is O=C(O)c1ccc(OCCCCCCc2ccccc2)c(OCCCCCCc2ccccc2)c1C(=O)O. The fourth-order valence-corrected chi connectivity index (χ4v) is 4.43. The van der Waals surface area contributed by atoms with Crippen molar-refractivity contribution < 1.29 is 29.3 Å². The summed E-state index contributed by atoms with van der Waals surface area (Å²) in [4.78, 5) is 23.6. The lowest BCUT2D eigenvalue weighted by atomic mass is 10.1. The molecule has 0 radical (unpaired) electrons. The van der Waals surface area contributed by atoms with Crippen molar-refractivity contribution >= 4 is 11.9 Å². The highest BCUT2D eigenvalue weighted by molar-refractivity contribution is 6.04. The predicted octanol–water partition coefficient (Wildman–Crippen LogP) is 7.45. The van der Waals surface area contributed by atoms with Crippen molar-refractivity contribution in [3.8, 4) is 11.5 Å². The number of unbranched alkanes of at least 4 members (excludes halogenated alkanes) is 6. The molecule has 0 aliphatic carbocycles. The van der Waals surface area contributed by atoms with Crippen molar-refractivity contribution in [3.05, 3.63) is 95.1 Å². The number of hydrogen-bond acceptors (Lipinski definition) is 4. The molecule has 0 heterocycles. The minimum atomic E-state index is -1.34. The topological polar surface area (TPSA) is 93.1 Å². The Morgan fingerprint density at radius 3 is 1.55 bits per heavy atom. The Morgan fingerprint density at radius 1 is 0.553 bits per heavy atom. The van der Waals surface area contributed by atoms with Crippen LogP contribution in [0, 0.1) is 0 Å². The summed E-state index contributed by atoms with van der Waals surface area (Å²) in [7, 11) is 0. The lowest BCUT2D eigenvalue weighted by Gasteiger charge is -2.16. The number of carboxylic acids is 2. The van der Waals surface area contributed by atoms with Crippen LogP contribution >= 0.6 is 0 Å². The van der Waals surface area contributed by atoms with E-state index in [0.717, 1.165) is 64.2 Å². The zero-order chi connectivity index (χ0) is 27.0. The van der Waals surface area contributed by atoms with E-state index in [1.807, 2.05) is 24.3 Å². The summed E-state index contributed by atoms with van der Waals surface area (Å²) >= 11 is 0. The van der Waals surface area contributed by atoms with Gasteiger partial charge in [-0.3, -0.25) is 0 Å². The number of aryl methyl sites for hydroxylation is 2. The first-order valence-electron chi connectivity index (χ1n) is 13.5. The standard InChI is InChI=1S/C32H38O6/c33-31(34)27-21-22-28(37-23-13-3-1-7-15-25-17-9-5-10-18-25)30(29(27)32(35)36)38-24-14-4-2-8-16-26-19-11-6-12-20-26/h5-6,9-12,17-22H,1-4,7-8,13-16,23-24H2,(H,33,34)(H,35,36). The quantitative estimate of drug-likeness (QED) is 0.170. The normalized spacial score (nSPS) is 10.7. The molecule has 6 nitrogen and oxygen atoms in total. The maximum Gasteiger partial charge on any atom is 0.340 e. The lowest BCUT2D eigenvalue weighted by Crippen LogP contribution is -2.13. The van der Waals surface area contributed by atoms with Gasteiger partial charge < -0.3 is 19.7 Å². The fraction of sp³-hybridized carbons (Fsp3) is 0.375. The number of carbonyl (C=O) groups is 2. The van der Waals surface area contributed by atoms with Gasteiger partial charge in [-0.15, -0.1) is 0 Å². The highest BCUT2D eigenvalue weighted by Crippen LogP contribution is 2.35. The smallest absolute Gasteiger partial charge is 0.340 e. The van der Waals surface area contributed by atoms with E-state index in [1.54, 1.807) is 0 Å². The number of hydrogen-bond donors (Lipinski definition) is 2. The average Bonchev–Trinajstić information content (AvgIpc) is 2.93. The molecule has 0 atom stereocenters. The van der Waals surface area contributed by atoms with Gasteiger partial charge in [0.15, 0.2) is 11.5 Å². The van der Waals surface area contributed by atoms with Crippen LogP contribution in [0.2, 0.25) is 0 Å². The van der Waals surface area contributed by atoms with Crippen molar-refractivity contribution in [2.45, 2.75) is 64.2 Å². The molecule has 3 rings (SSSR count). The minimum absolute atomic E-state index is 0.00534. The second-order valence-electron chi connectivity index (χ2n) is 9.42. The van der Waals surface area contributed by atoms with E-state index in [1.165, 1.54) is 23.3 Å². The van der Waals surface area contributed by atoms with Crippen LogP contribution in [0.5, 0.6) is 11.5 Å². The van der Waals surface area contributed by atoms with E-state index in [0.29, 0.717) is 13.2 Å². The van der Waals surface area contributed by atoms with E-state index in [4.69, 9.17) is 9.47 Å². The van der Waals surface area contributed by atoms with Crippen LogP contribution in [-0.4, -0.2) is 35.4 Å². The van der Waals surface area contributed by atoms with Crippen LogP contribution < -0.4 is 9.47 Å². The van der Waals surface area contributed by atoms with Crippen molar-refractivity contribution in [1.82, 2.24) is 0 Å². The Hall–Kier alpha value is -3.80. The third kappa shape index (κ3) is 9.58. The predicted molar refractivity (Wildman–Crippen MR) is 149 cm³/mol. The Labute approximate surface area is 225 Å². The molecule has 0 unspecified atom stereocenters. The highest BCUT2D eigenvalue weighted by Gasteiger charge is 2.25. The van der Waals surface area contributed by atoms with Gasteiger partial charge >= 0.3 is 11.9 Å². The molecule has 3 aromatic rings. The molecule has 0 spiro atoms. The van der Waals surface area contributed by atoms with Gasteiger partial charge in [-0.05, 0) is 61.8 Å². The van der Waals surface area contributed by atoms with E-state index >= 15 is 0 Å². The van der Waals surface area contributed by atoms with Gasteiger partial charge in [0, 0.05) is 0 Å². The lowest BCUT2D eigenvalue weighted by molar-refractivity contribution is 0.0646. The average molecular weight is 519 g/mol. The van der Waals surface area contributed by atoms with E-state index in [2.05, 4.69) is 36.4 Å². The minimum Gasteiger partial charge on any atom is -0.490 e. The van der Waals surface area contributed by atoms with Crippen LogP contribution in [0.4, 0.5) is 0 Å². The van der Waals surface area contributed by atoms with Gasteiger partial charge in [0.05, 0.1) is 18.8 Å². The van der Waals surface area contributed by atoms with Crippen LogP contribution in [0.15, 0.2) is 72.8 Å². The van der Waals surface area contributed by atoms with Crippen molar-refractivity contribution in [1.29, 1.82) is 0 Å². The second kappa shape index (κ2) is 16.1. The monoisotopic (exact) mass is 518 g/mol. The van der Waals surface area contributed by atoms with Crippen molar-refractivity contribution in [3.63, 3.8) is 0 Å². The largest absolute Gasteiger partial charge is 0.490 e. The number of rotatable bonds is 18. The van der Waals surface area contributed by atoms with Gasteiger partial charge in [0.1, 0.15) is 5.56 Å². The summed E-state index contributed by atoms with van der Waals surface area (Å²) in [6, 6.07) is 23.5. The van der Waals surface area contributed by atoms with Crippen LogP contribution in [0.25, 0.3) is 0 Å². The molecule has 38 heavy (non-hydrogen) atoms. The molecule has 0 fully saturated rings. The molecular formula is C32H38O6. The third-order valence-corrected chi connectivity index (χ3v) is 6.48. The van der Waals surface area contributed by atoms with Crippen molar-refractivity contribution in [2.24, 2.45) is 0 Å². The summed E-state index contributed by atoms with van der Waals surface area (Å²) in [5, 5.41) is 19.3. The molecule has 0 aromatic heterocycles. The Kier molecular flexibility index (Phi) is 12.2. The summed E-state index contributed by atoms with van der Waals surface area (Å²) < 4.78 is 11.8. The number of benzene rings is 3. The van der Waals surface area contributed by atoms with E-state index < -0.39 is 11.9 Å². The molecule has 0 saturated carbocycles. The summed E-state index contributed by atoms with van der Waals surface area (Å²) in [6.45, 7) is 0.706. The molecule has 0 saturated heterocycles. The summed E-state index contributed by atoms with van der Waals surface area (Å²) in [5.74, 6) is -2.36. The first-order chi connectivity index (χ1) is 18.6. The number of aromatic carboxylic acids is 2. The maximum atomic E-state index is 12.0. The summed E-state index contributed by atoms with van der Waals surface area (Å²) in [5.41, 5.74) is 1.99. The highest BCUT2D eigenvalue weighted by atomic mass is 16.5. The molecule has 3 aromatic carbocycles. The zero-order valence-corrected chi connectivity index (χ0v) is 21.9. The first kappa shape index (κ1) is 28.8. The number of ether oxygens (including phenoxy) is 2. The number of carboxylic acid groups (broad SMARTS) is 2. The molecule has 0 aliphatic rings. The van der Waals surface area contributed by atoms with Crippen LogP contribution in [0.3, 0.4) is 0 Å². The Morgan fingerprint density at radius 2 is 1.05 bits per heavy atom. The molecular weight excluding hydrogens is 480 g/mol. The first-order valence-corrected chi connectivity index (χ1v) is 13.5. The maximum absolute atomic E-state index is 12.0. The Bertz CT molecular complexity index is 1130. The van der Waals surface area contributed by atoms with Crippen molar-refractivity contribution in [2.75, 3.05) is 13.2 Å². The van der Waals surface area contributed by atoms with E-state index in [9.17, 15) is 19.8 Å². The molecule has 2 N–H and O–H groups in total. The molecule has 0 bridgehead atoms. The molecule has 0 amide bonds. The molecule has 202 valence electrons. The third-order valence-electron chi connectivity index (χ3n) is 6.48. The van der Waals surface area contributed by atoms with Gasteiger partial charge in [0.2, 0.25) is 0 Å². The second-order valence-corrected chi connectivity index (χ2v) is 9.42. The van der Waals surface area contributed by atoms with Crippen LogP contribution in [-0.2, 0) is 12.8 Å². The van der Waals surface area contributed by atoms with Gasteiger partial charge in [-0.2, -0.15) is 0 Å². The van der Waals surface area contributed by atoms with E-state index in [-0.39, 0.29) is 22.6 Å². The molecule has 0 aliphatic heterocycles. The molecule has 6 heteroatoms. The van der Waals surface area contributed by atoms with Gasteiger partial charge in [-0.1, -0.05) is 86.3 Å². The summed E-state index contributed by atoms with van der Waals surface area (Å²) in [6.07, 6.45) is 9.83. The zero-order valence-electron chi connectivity index (χ0n) is 21.9. The fourth-order valence-electron chi connectivity index (χ4n) is 4.43.